The van der Waals surface area contributed by atoms with E-state index in [2.05, 4.69) is 5.10 Å². The van der Waals surface area contributed by atoms with Gasteiger partial charge in [-0.15, -0.1) is 8.78 Å². The Morgan fingerprint density at radius 3 is 2.54 bits per heavy atom. The maximum atomic E-state index is 14.3. The highest BCUT2D eigenvalue weighted by molar-refractivity contribution is 5.93. The van der Waals surface area contributed by atoms with Gasteiger partial charge in [-0.3, -0.25) is 9.59 Å². The molecule has 3 aliphatic rings. The van der Waals surface area contributed by atoms with Crippen LogP contribution in [-0.2, 0) is 26.2 Å². The fraction of sp³-hybridized carbons (Fsp3) is 0.370. The van der Waals surface area contributed by atoms with Crippen molar-refractivity contribution >= 4 is 5.91 Å². The van der Waals surface area contributed by atoms with Gasteiger partial charge in [-0.05, 0) is 32.9 Å². The van der Waals surface area contributed by atoms with Crippen LogP contribution in [-0.4, -0.2) is 47.1 Å². The minimum absolute atomic E-state index is 0.0283. The molecular weight excluding hydrogens is 516 g/mol. The first-order valence-electron chi connectivity index (χ1n) is 12.3. The molecule has 39 heavy (non-hydrogen) atoms. The van der Waals surface area contributed by atoms with Crippen molar-refractivity contribution in [3.63, 3.8) is 0 Å². The van der Waals surface area contributed by atoms with Gasteiger partial charge in [-0.2, -0.15) is 5.10 Å². The normalized spacial score (nSPS) is 23.9. The second kappa shape index (κ2) is 8.48. The van der Waals surface area contributed by atoms with Crippen molar-refractivity contribution in [2.45, 2.75) is 50.9 Å². The van der Waals surface area contributed by atoms with Crippen LogP contribution in [0.15, 0.2) is 47.3 Å². The topological polar surface area (TPSA) is 124 Å². The van der Waals surface area contributed by atoms with E-state index in [0.717, 1.165) is 0 Å². The molecule has 0 spiro atoms. The Morgan fingerprint density at radius 1 is 1.13 bits per heavy atom. The molecule has 2 N–H and O–H groups in total. The highest BCUT2D eigenvalue weighted by Crippen LogP contribution is 2.56. The van der Waals surface area contributed by atoms with E-state index in [1.165, 1.54) is 23.7 Å². The van der Waals surface area contributed by atoms with E-state index >= 15 is 0 Å². The zero-order chi connectivity index (χ0) is 27.7. The summed E-state index contributed by atoms with van der Waals surface area (Å²) in [4.78, 5) is 26.3. The highest BCUT2D eigenvalue weighted by Gasteiger charge is 2.51. The molecule has 4 heterocycles. The number of ether oxygens (including phenoxy) is 5. The van der Waals surface area contributed by atoms with Crippen molar-refractivity contribution in [3.8, 4) is 39.6 Å². The molecule has 0 saturated carbocycles. The standard InChI is InChI=1S/C27H25F2N3O7/c1-25(2)36-12-15(37-25)11-32-23(33)16(9-18(31-32)14-7-5-4-6-8-14)20-21-17(26(3,13-35-21)24(30)34)10-19-22(20)39-27(28,29)38-19/h4-10,15H,11-13H2,1-3H3,(H2,30,34)/t15-,26?/m1/s1. The van der Waals surface area contributed by atoms with Crippen LogP contribution in [0.4, 0.5) is 8.78 Å². The Labute approximate surface area is 221 Å². The second-order valence-corrected chi connectivity index (χ2v) is 10.4. The Kier molecular flexibility index (Phi) is 5.50. The molecule has 12 heteroatoms. The average molecular weight is 542 g/mol. The third-order valence-electron chi connectivity index (χ3n) is 7.05. The van der Waals surface area contributed by atoms with Crippen LogP contribution in [0.2, 0.25) is 0 Å². The zero-order valence-corrected chi connectivity index (χ0v) is 21.3. The number of hydrogen-bond acceptors (Lipinski definition) is 8. The number of carbonyl (C=O) groups excluding carboxylic acids is 1. The third-order valence-corrected chi connectivity index (χ3v) is 7.05. The Morgan fingerprint density at radius 2 is 1.87 bits per heavy atom. The minimum atomic E-state index is -4.00. The molecule has 10 nitrogen and oxygen atoms in total. The van der Waals surface area contributed by atoms with Gasteiger partial charge in [-0.25, -0.2) is 4.68 Å². The van der Waals surface area contributed by atoms with Crippen molar-refractivity contribution in [2.24, 2.45) is 5.73 Å². The molecule has 0 bridgehead atoms. The molecule has 1 aromatic heterocycles. The smallest absolute Gasteiger partial charge is 0.491 e. The monoisotopic (exact) mass is 541 g/mol. The lowest BCUT2D eigenvalue weighted by atomic mass is 9.82. The molecular formula is C27H25F2N3O7. The van der Waals surface area contributed by atoms with Crippen molar-refractivity contribution in [2.75, 3.05) is 13.2 Å². The first kappa shape index (κ1) is 25.3. The Balaban J connectivity index is 1.59. The van der Waals surface area contributed by atoms with E-state index in [1.54, 1.807) is 38.1 Å². The van der Waals surface area contributed by atoms with Crippen LogP contribution < -0.4 is 25.5 Å². The molecule has 1 amide bonds. The number of carbonyl (C=O) groups is 1. The van der Waals surface area contributed by atoms with Gasteiger partial charge < -0.3 is 29.4 Å². The number of aromatic nitrogens is 2. The molecule has 2 aromatic carbocycles. The van der Waals surface area contributed by atoms with Gasteiger partial charge in [-0.1, -0.05) is 30.3 Å². The molecule has 3 aromatic rings. The SMILES string of the molecule is CC1(C)OC[C@@H](Cn2nc(-c3ccccc3)cc(-c3c4c(cc5c3OCC5(C)C(N)=O)OC(F)(F)O4)c2=O)O1. The van der Waals surface area contributed by atoms with E-state index in [-0.39, 0.29) is 53.7 Å². The lowest BCUT2D eigenvalue weighted by Gasteiger charge is -2.19. The van der Waals surface area contributed by atoms with Gasteiger partial charge in [0.05, 0.1) is 30.0 Å². The minimum Gasteiger partial charge on any atom is -0.491 e. The summed E-state index contributed by atoms with van der Waals surface area (Å²) in [6, 6.07) is 11.8. The molecule has 1 unspecified atom stereocenters. The Hall–Kier alpha value is -4.03. The van der Waals surface area contributed by atoms with Crippen LogP contribution in [0, 0.1) is 0 Å². The summed E-state index contributed by atoms with van der Waals surface area (Å²) in [6.45, 7) is 5.15. The van der Waals surface area contributed by atoms with Crippen molar-refractivity contribution in [1.29, 1.82) is 0 Å². The van der Waals surface area contributed by atoms with E-state index in [0.29, 0.717) is 11.3 Å². The van der Waals surface area contributed by atoms with Crippen LogP contribution in [0.5, 0.6) is 17.2 Å². The maximum absolute atomic E-state index is 14.3. The van der Waals surface area contributed by atoms with E-state index in [4.69, 9.17) is 29.4 Å². The maximum Gasteiger partial charge on any atom is 0.586 e. The highest BCUT2D eigenvalue weighted by atomic mass is 19.3. The number of nitrogens with two attached hydrogens (primary N) is 1. The molecule has 0 radical (unpaired) electrons. The molecule has 204 valence electrons. The van der Waals surface area contributed by atoms with E-state index < -0.39 is 35.1 Å². The molecule has 0 aliphatic carbocycles. The van der Waals surface area contributed by atoms with Crippen molar-refractivity contribution < 1.29 is 37.3 Å². The molecule has 2 atom stereocenters. The van der Waals surface area contributed by atoms with E-state index in [9.17, 15) is 18.4 Å². The summed E-state index contributed by atoms with van der Waals surface area (Å²) in [5, 5.41) is 4.55. The molecule has 6 rings (SSSR count). The van der Waals surface area contributed by atoms with Gasteiger partial charge in [0, 0.05) is 11.1 Å². The lowest BCUT2D eigenvalue weighted by molar-refractivity contribution is -0.286. The summed E-state index contributed by atoms with van der Waals surface area (Å²) >= 11 is 0. The average Bonchev–Trinajstić information content (AvgIpc) is 3.51. The number of fused-ring (bicyclic) bond motifs is 2. The number of hydrogen-bond donors (Lipinski definition) is 1. The van der Waals surface area contributed by atoms with Crippen molar-refractivity contribution in [3.05, 3.63) is 58.4 Å². The van der Waals surface area contributed by atoms with Gasteiger partial charge in [0.15, 0.2) is 17.3 Å². The van der Waals surface area contributed by atoms with E-state index in [1.807, 2.05) is 6.07 Å². The number of alkyl halides is 2. The van der Waals surface area contributed by atoms with Gasteiger partial charge in [0.25, 0.3) is 5.56 Å². The van der Waals surface area contributed by atoms with Gasteiger partial charge in [0.2, 0.25) is 5.91 Å². The molecule has 1 fully saturated rings. The lowest BCUT2D eigenvalue weighted by Crippen LogP contribution is -2.39. The molecule has 1 saturated heterocycles. The van der Waals surface area contributed by atoms with Crippen LogP contribution in [0.25, 0.3) is 22.4 Å². The number of primary amides is 1. The summed E-state index contributed by atoms with van der Waals surface area (Å²) < 4.78 is 56.9. The number of halogens is 2. The summed E-state index contributed by atoms with van der Waals surface area (Å²) in [6.07, 6.45) is -4.49. The fourth-order valence-corrected chi connectivity index (χ4v) is 5.01. The first-order chi connectivity index (χ1) is 18.4. The number of rotatable bonds is 5. The molecule has 3 aliphatic heterocycles. The Bertz CT molecular complexity index is 1560. The summed E-state index contributed by atoms with van der Waals surface area (Å²) in [5.41, 5.74) is 4.85. The predicted molar refractivity (Wildman–Crippen MR) is 133 cm³/mol. The predicted octanol–water partition coefficient (Wildman–Crippen LogP) is 3.19. The van der Waals surface area contributed by atoms with Gasteiger partial charge in [0.1, 0.15) is 23.9 Å². The third kappa shape index (κ3) is 4.20. The summed E-state index contributed by atoms with van der Waals surface area (Å²) in [5.74, 6) is -2.25. The van der Waals surface area contributed by atoms with Crippen molar-refractivity contribution in [1.82, 2.24) is 9.78 Å². The number of benzene rings is 2. The first-order valence-corrected chi connectivity index (χ1v) is 12.3. The van der Waals surface area contributed by atoms with Crippen LogP contribution >= 0.6 is 0 Å². The van der Waals surface area contributed by atoms with Crippen LogP contribution in [0.1, 0.15) is 26.3 Å². The van der Waals surface area contributed by atoms with Crippen LogP contribution in [0.3, 0.4) is 0 Å². The largest absolute Gasteiger partial charge is 0.586 e. The number of nitrogens with zero attached hydrogens (tertiary/aromatic N) is 2. The quantitative estimate of drug-likeness (QED) is 0.523. The fourth-order valence-electron chi connectivity index (χ4n) is 5.01. The number of amides is 1. The summed E-state index contributed by atoms with van der Waals surface area (Å²) in [7, 11) is 0. The zero-order valence-electron chi connectivity index (χ0n) is 21.3. The second-order valence-electron chi connectivity index (χ2n) is 10.4. The van der Waals surface area contributed by atoms with Gasteiger partial charge >= 0.3 is 6.29 Å².